The van der Waals surface area contributed by atoms with E-state index in [4.69, 9.17) is 4.74 Å². The summed E-state index contributed by atoms with van der Waals surface area (Å²) >= 11 is 0. The lowest BCUT2D eigenvalue weighted by molar-refractivity contribution is 0.0997. The Morgan fingerprint density at radius 2 is 1.89 bits per heavy atom. The highest BCUT2D eigenvalue weighted by atomic mass is 16.6. The van der Waals surface area contributed by atoms with Gasteiger partial charge >= 0.3 is 6.09 Å². The van der Waals surface area contributed by atoms with Gasteiger partial charge in [0.25, 0.3) is 0 Å². The van der Waals surface area contributed by atoms with Crippen molar-refractivity contribution in [3.8, 4) is 0 Å². The lowest BCUT2D eigenvalue weighted by Gasteiger charge is -2.23. The van der Waals surface area contributed by atoms with Crippen LogP contribution in [0.1, 0.15) is 37.7 Å². The lowest BCUT2D eigenvalue weighted by atomic mass is 9.86. The van der Waals surface area contributed by atoms with Gasteiger partial charge < -0.3 is 9.64 Å². The van der Waals surface area contributed by atoms with E-state index in [1.54, 1.807) is 0 Å². The molecule has 1 amide bonds. The van der Waals surface area contributed by atoms with E-state index >= 15 is 0 Å². The van der Waals surface area contributed by atoms with Gasteiger partial charge in [-0.2, -0.15) is 0 Å². The first kappa shape index (κ1) is 12.5. The van der Waals surface area contributed by atoms with Crippen LogP contribution in [0.15, 0.2) is 30.3 Å². The van der Waals surface area contributed by atoms with Gasteiger partial charge in [0.1, 0.15) is 6.61 Å². The standard InChI is InChI=1S/C16H21NO2/c18-15(19-12-14-6-2-1-3-7-14)17-11-10-16(13-17)8-4-5-9-16/h1-3,6-7H,4-5,8-13H2. The normalized spacial score (nSPS) is 20.9. The average molecular weight is 259 g/mol. The lowest BCUT2D eigenvalue weighted by Crippen LogP contribution is -2.31. The van der Waals surface area contributed by atoms with Gasteiger partial charge in [-0.15, -0.1) is 0 Å². The summed E-state index contributed by atoms with van der Waals surface area (Å²) in [4.78, 5) is 14.0. The van der Waals surface area contributed by atoms with E-state index in [1.807, 2.05) is 35.2 Å². The second-order valence-electron chi connectivity index (χ2n) is 5.92. The van der Waals surface area contributed by atoms with Gasteiger partial charge in [0.05, 0.1) is 0 Å². The van der Waals surface area contributed by atoms with Gasteiger partial charge in [0.2, 0.25) is 0 Å². The third kappa shape index (κ3) is 2.75. The summed E-state index contributed by atoms with van der Waals surface area (Å²) in [5.74, 6) is 0. The molecule has 19 heavy (non-hydrogen) atoms. The fourth-order valence-corrected chi connectivity index (χ4v) is 3.43. The van der Waals surface area contributed by atoms with Gasteiger partial charge in [-0.25, -0.2) is 4.79 Å². The molecule has 0 unspecified atom stereocenters. The predicted octanol–water partition coefficient (Wildman–Crippen LogP) is 3.59. The summed E-state index contributed by atoms with van der Waals surface area (Å²) in [5.41, 5.74) is 1.47. The second-order valence-corrected chi connectivity index (χ2v) is 5.92. The third-order valence-electron chi connectivity index (χ3n) is 4.57. The minimum Gasteiger partial charge on any atom is -0.445 e. The summed E-state index contributed by atoms with van der Waals surface area (Å²) in [6, 6.07) is 9.86. The number of amides is 1. The maximum atomic E-state index is 12.1. The highest BCUT2D eigenvalue weighted by molar-refractivity contribution is 5.68. The number of carbonyl (C=O) groups excluding carboxylic acids is 1. The SMILES string of the molecule is O=C(OCc1ccccc1)N1CCC2(CCCC2)C1. The molecular formula is C16H21NO2. The first-order valence-electron chi connectivity index (χ1n) is 7.23. The Morgan fingerprint density at radius 3 is 2.63 bits per heavy atom. The quantitative estimate of drug-likeness (QED) is 0.812. The molecule has 0 N–H and O–H groups in total. The highest BCUT2D eigenvalue weighted by Gasteiger charge is 2.42. The van der Waals surface area contributed by atoms with E-state index in [0.29, 0.717) is 12.0 Å². The van der Waals surface area contributed by atoms with Gasteiger partial charge in [0, 0.05) is 13.1 Å². The van der Waals surface area contributed by atoms with Crippen molar-refractivity contribution in [3.05, 3.63) is 35.9 Å². The molecule has 3 heteroatoms. The Balaban J connectivity index is 1.51. The van der Waals surface area contributed by atoms with E-state index in [0.717, 1.165) is 25.1 Å². The van der Waals surface area contributed by atoms with Crippen LogP contribution in [0.25, 0.3) is 0 Å². The van der Waals surface area contributed by atoms with Crippen molar-refractivity contribution in [2.24, 2.45) is 5.41 Å². The Labute approximate surface area is 114 Å². The topological polar surface area (TPSA) is 29.5 Å². The van der Waals surface area contributed by atoms with Gasteiger partial charge in [0.15, 0.2) is 0 Å². The Bertz CT molecular complexity index is 437. The first-order chi connectivity index (χ1) is 9.27. The number of ether oxygens (including phenoxy) is 1. The molecule has 1 aromatic carbocycles. The molecule has 1 aliphatic heterocycles. The average Bonchev–Trinajstić information content (AvgIpc) is 3.08. The van der Waals surface area contributed by atoms with Crippen molar-refractivity contribution < 1.29 is 9.53 Å². The minimum absolute atomic E-state index is 0.146. The Morgan fingerprint density at radius 1 is 1.16 bits per heavy atom. The molecule has 1 aromatic rings. The Hall–Kier alpha value is -1.51. The molecular weight excluding hydrogens is 238 g/mol. The zero-order chi connectivity index (χ0) is 13.1. The zero-order valence-corrected chi connectivity index (χ0v) is 11.3. The number of carbonyl (C=O) groups is 1. The molecule has 2 aliphatic rings. The van der Waals surface area contributed by atoms with Crippen molar-refractivity contribution in [3.63, 3.8) is 0 Å². The molecule has 1 spiro atoms. The van der Waals surface area contributed by atoms with Crippen LogP contribution in [0, 0.1) is 5.41 Å². The van der Waals surface area contributed by atoms with Gasteiger partial charge in [-0.05, 0) is 30.2 Å². The molecule has 102 valence electrons. The number of likely N-dealkylation sites (tertiary alicyclic amines) is 1. The van der Waals surface area contributed by atoms with Crippen LogP contribution >= 0.6 is 0 Å². The highest BCUT2D eigenvalue weighted by Crippen LogP contribution is 2.45. The van der Waals surface area contributed by atoms with Crippen LogP contribution in [0.3, 0.4) is 0 Å². The van der Waals surface area contributed by atoms with Crippen LogP contribution < -0.4 is 0 Å². The number of rotatable bonds is 2. The molecule has 2 fully saturated rings. The number of hydrogen-bond acceptors (Lipinski definition) is 2. The Kier molecular flexibility index (Phi) is 3.45. The van der Waals surface area contributed by atoms with E-state index in [1.165, 1.54) is 25.7 Å². The number of hydrogen-bond donors (Lipinski definition) is 0. The van der Waals surface area contributed by atoms with Crippen LogP contribution in [0.4, 0.5) is 4.79 Å². The molecule has 1 aliphatic carbocycles. The van der Waals surface area contributed by atoms with Crippen LogP contribution in [0.5, 0.6) is 0 Å². The zero-order valence-electron chi connectivity index (χ0n) is 11.3. The molecule has 0 atom stereocenters. The van der Waals surface area contributed by atoms with Crippen LogP contribution in [-0.2, 0) is 11.3 Å². The summed E-state index contributed by atoms with van der Waals surface area (Å²) in [7, 11) is 0. The van der Waals surface area contributed by atoms with E-state index in [2.05, 4.69) is 0 Å². The molecule has 0 radical (unpaired) electrons. The van der Waals surface area contributed by atoms with Crippen molar-refractivity contribution in [2.75, 3.05) is 13.1 Å². The molecule has 1 saturated carbocycles. The van der Waals surface area contributed by atoms with Crippen molar-refractivity contribution in [2.45, 2.75) is 38.7 Å². The third-order valence-corrected chi connectivity index (χ3v) is 4.57. The largest absolute Gasteiger partial charge is 0.445 e. The fourth-order valence-electron chi connectivity index (χ4n) is 3.43. The molecule has 1 saturated heterocycles. The molecule has 1 heterocycles. The van der Waals surface area contributed by atoms with Crippen molar-refractivity contribution in [1.82, 2.24) is 4.90 Å². The number of benzene rings is 1. The molecule has 3 nitrogen and oxygen atoms in total. The van der Waals surface area contributed by atoms with E-state index in [9.17, 15) is 4.79 Å². The van der Waals surface area contributed by atoms with Gasteiger partial charge in [-0.3, -0.25) is 0 Å². The molecule has 3 rings (SSSR count). The summed E-state index contributed by atoms with van der Waals surface area (Å²) < 4.78 is 5.40. The summed E-state index contributed by atoms with van der Waals surface area (Å²) in [5, 5.41) is 0. The number of nitrogens with zero attached hydrogens (tertiary/aromatic N) is 1. The minimum atomic E-state index is -0.146. The van der Waals surface area contributed by atoms with E-state index < -0.39 is 0 Å². The molecule has 0 bridgehead atoms. The van der Waals surface area contributed by atoms with E-state index in [-0.39, 0.29) is 6.09 Å². The van der Waals surface area contributed by atoms with Gasteiger partial charge in [-0.1, -0.05) is 43.2 Å². The molecule has 0 aromatic heterocycles. The maximum absolute atomic E-state index is 12.1. The second kappa shape index (κ2) is 5.24. The maximum Gasteiger partial charge on any atom is 0.410 e. The first-order valence-corrected chi connectivity index (χ1v) is 7.23. The van der Waals surface area contributed by atoms with Crippen molar-refractivity contribution >= 4 is 6.09 Å². The smallest absolute Gasteiger partial charge is 0.410 e. The summed E-state index contributed by atoms with van der Waals surface area (Å²) in [6.45, 7) is 2.15. The predicted molar refractivity (Wildman–Crippen MR) is 73.7 cm³/mol. The fraction of sp³-hybridized carbons (Fsp3) is 0.562. The monoisotopic (exact) mass is 259 g/mol. The van der Waals surface area contributed by atoms with Crippen LogP contribution in [0.2, 0.25) is 0 Å². The van der Waals surface area contributed by atoms with Crippen LogP contribution in [-0.4, -0.2) is 24.1 Å². The summed E-state index contributed by atoms with van der Waals surface area (Å²) in [6.07, 6.45) is 6.24. The van der Waals surface area contributed by atoms with Crippen molar-refractivity contribution in [1.29, 1.82) is 0 Å².